The summed E-state index contributed by atoms with van der Waals surface area (Å²) in [4.78, 5) is 14.5. The number of hydrogen-bond donors (Lipinski definition) is 0. The number of aromatic nitrogens is 4. The zero-order valence-electron chi connectivity index (χ0n) is 16.2. The first-order valence-electron chi connectivity index (χ1n) is 9.57. The summed E-state index contributed by atoms with van der Waals surface area (Å²) in [7, 11) is 0. The number of rotatable bonds is 6. The Morgan fingerprint density at radius 3 is 2.71 bits per heavy atom. The smallest absolute Gasteiger partial charge is 0.222 e. The second-order valence-electron chi connectivity index (χ2n) is 7.05. The van der Waals surface area contributed by atoms with Crippen LogP contribution < -0.4 is 0 Å². The maximum atomic E-state index is 12.6. The SMILES string of the molecule is CCC(=O)N(CCc1ccccc1)Cc1cc2cc(C)ccc2n2nnnc12. The molecule has 142 valence electrons. The molecule has 28 heavy (non-hydrogen) atoms. The van der Waals surface area contributed by atoms with E-state index in [4.69, 9.17) is 0 Å². The Balaban J connectivity index is 1.68. The number of benzene rings is 2. The number of tetrazole rings is 1. The fourth-order valence-corrected chi connectivity index (χ4v) is 3.53. The Morgan fingerprint density at radius 1 is 1.11 bits per heavy atom. The monoisotopic (exact) mass is 373 g/mol. The number of carbonyl (C=O) groups excluding carboxylic acids is 1. The van der Waals surface area contributed by atoms with Gasteiger partial charge in [0, 0.05) is 30.5 Å². The zero-order chi connectivity index (χ0) is 19.5. The minimum Gasteiger partial charge on any atom is -0.338 e. The van der Waals surface area contributed by atoms with Crippen molar-refractivity contribution in [1.82, 2.24) is 24.9 Å². The van der Waals surface area contributed by atoms with E-state index in [1.807, 2.05) is 36.1 Å². The molecule has 4 rings (SSSR count). The predicted octanol–water partition coefficient (Wildman–Crippen LogP) is 3.57. The van der Waals surface area contributed by atoms with Gasteiger partial charge in [-0.05, 0) is 47.5 Å². The molecule has 0 aliphatic heterocycles. The number of nitrogens with zero attached hydrogens (tertiary/aromatic N) is 5. The van der Waals surface area contributed by atoms with Crippen LogP contribution in [0.4, 0.5) is 0 Å². The standard InChI is InChI=1S/C22H23N5O/c1-3-21(28)26(12-11-17-7-5-4-6-8-17)15-19-14-18-13-16(2)9-10-20(18)27-22(19)23-24-25-27/h4-10,13-14H,3,11-12,15H2,1-2H3. The highest BCUT2D eigenvalue weighted by Gasteiger charge is 2.17. The van der Waals surface area contributed by atoms with Crippen molar-refractivity contribution in [2.45, 2.75) is 33.2 Å². The Morgan fingerprint density at radius 2 is 1.93 bits per heavy atom. The van der Waals surface area contributed by atoms with Gasteiger partial charge in [-0.3, -0.25) is 4.79 Å². The molecule has 2 aromatic heterocycles. The van der Waals surface area contributed by atoms with Gasteiger partial charge < -0.3 is 4.90 Å². The maximum Gasteiger partial charge on any atom is 0.222 e. The molecule has 0 unspecified atom stereocenters. The summed E-state index contributed by atoms with van der Waals surface area (Å²) in [5.41, 5.74) is 5.02. The van der Waals surface area contributed by atoms with Crippen LogP contribution in [-0.4, -0.2) is 37.4 Å². The number of amides is 1. The molecule has 0 spiro atoms. The Hall–Kier alpha value is -3.28. The average molecular weight is 373 g/mol. The molecular weight excluding hydrogens is 350 g/mol. The molecule has 2 aromatic carbocycles. The van der Waals surface area contributed by atoms with Gasteiger partial charge in [0.15, 0.2) is 5.65 Å². The van der Waals surface area contributed by atoms with Crippen LogP contribution in [0.3, 0.4) is 0 Å². The summed E-state index contributed by atoms with van der Waals surface area (Å²) in [6.45, 7) is 5.12. The maximum absolute atomic E-state index is 12.6. The summed E-state index contributed by atoms with van der Waals surface area (Å²) in [5, 5.41) is 13.3. The van der Waals surface area contributed by atoms with Crippen LogP contribution in [0.1, 0.15) is 30.0 Å². The van der Waals surface area contributed by atoms with Crippen LogP contribution in [0, 0.1) is 6.92 Å². The van der Waals surface area contributed by atoms with Crippen LogP contribution in [0.5, 0.6) is 0 Å². The molecule has 0 radical (unpaired) electrons. The summed E-state index contributed by atoms with van der Waals surface area (Å²) < 4.78 is 1.76. The van der Waals surface area contributed by atoms with E-state index in [0.717, 1.165) is 22.9 Å². The van der Waals surface area contributed by atoms with Crippen molar-refractivity contribution in [1.29, 1.82) is 0 Å². The molecule has 4 aromatic rings. The molecule has 0 bridgehead atoms. The first-order chi connectivity index (χ1) is 13.7. The van der Waals surface area contributed by atoms with Crippen molar-refractivity contribution in [3.8, 4) is 0 Å². The lowest BCUT2D eigenvalue weighted by molar-refractivity contribution is -0.131. The molecule has 0 aliphatic carbocycles. The van der Waals surface area contributed by atoms with E-state index in [9.17, 15) is 4.79 Å². The molecule has 1 amide bonds. The number of carbonyl (C=O) groups is 1. The minimum atomic E-state index is 0.130. The third-order valence-electron chi connectivity index (χ3n) is 5.03. The summed E-state index contributed by atoms with van der Waals surface area (Å²) in [6, 6.07) is 18.5. The minimum absolute atomic E-state index is 0.130. The zero-order valence-corrected chi connectivity index (χ0v) is 16.2. The molecule has 2 heterocycles. The lowest BCUT2D eigenvalue weighted by Crippen LogP contribution is -2.32. The second-order valence-corrected chi connectivity index (χ2v) is 7.05. The van der Waals surface area contributed by atoms with Crippen molar-refractivity contribution in [2.75, 3.05) is 6.54 Å². The molecule has 6 heteroatoms. The van der Waals surface area contributed by atoms with Gasteiger partial charge in [-0.1, -0.05) is 48.9 Å². The third-order valence-corrected chi connectivity index (χ3v) is 5.03. The fourth-order valence-electron chi connectivity index (χ4n) is 3.53. The van der Waals surface area contributed by atoms with E-state index in [2.05, 4.69) is 52.8 Å². The van der Waals surface area contributed by atoms with E-state index in [0.29, 0.717) is 25.2 Å². The largest absolute Gasteiger partial charge is 0.338 e. The summed E-state index contributed by atoms with van der Waals surface area (Å²) >= 11 is 0. The summed E-state index contributed by atoms with van der Waals surface area (Å²) in [6.07, 6.45) is 1.29. The number of pyridine rings is 1. The van der Waals surface area contributed by atoms with Crippen molar-refractivity contribution in [2.24, 2.45) is 0 Å². The first-order valence-corrected chi connectivity index (χ1v) is 9.57. The van der Waals surface area contributed by atoms with Gasteiger partial charge in [-0.25, -0.2) is 0 Å². The summed E-state index contributed by atoms with van der Waals surface area (Å²) in [5.74, 6) is 0.130. The van der Waals surface area contributed by atoms with E-state index in [1.165, 1.54) is 11.1 Å². The molecule has 0 fully saturated rings. The Kier molecular flexibility index (Phi) is 5.02. The Bertz CT molecular complexity index is 1120. The quantitative estimate of drug-likeness (QED) is 0.518. The number of fused-ring (bicyclic) bond motifs is 3. The van der Waals surface area contributed by atoms with Crippen molar-refractivity contribution < 1.29 is 4.79 Å². The average Bonchev–Trinajstić information content (AvgIpc) is 3.21. The van der Waals surface area contributed by atoms with Gasteiger partial charge in [0.25, 0.3) is 0 Å². The molecule has 0 aliphatic rings. The van der Waals surface area contributed by atoms with Crippen molar-refractivity contribution >= 4 is 22.5 Å². The van der Waals surface area contributed by atoms with Crippen molar-refractivity contribution in [3.05, 3.63) is 71.3 Å². The van der Waals surface area contributed by atoms with Gasteiger partial charge in [0.2, 0.25) is 5.91 Å². The molecule has 0 N–H and O–H groups in total. The van der Waals surface area contributed by atoms with Crippen molar-refractivity contribution in [3.63, 3.8) is 0 Å². The van der Waals surface area contributed by atoms with E-state index in [-0.39, 0.29) is 5.91 Å². The molecule has 6 nitrogen and oxygen atoms in total. The van der Waals surface area contributed by atoms with Gasteiger partial charge in [-0.15, -0.1) is 5.10 Å². The van der Waals surface area contributed by atoms with Crippen LogP contribution in [0.2, 0.25) is 0 Å². The topological polar surface area (TPSA) is 63.4 Å². The first kappa shape index (κ1) is 18.1. The van der Waals surface area contributed by atoms with Gasteiger partial charge in [-0.2, -0.15) is 4.52 Å². The lowest BCUT2D eigenvalue weighted by Gasteiger charge is -2.23. The molecule has 0 saturated heterocycles. The van der Waals surface area contributed by atoms with Crippen LogP contribution in [0.15, 0.2) is 54.6 Å². The highest BCUT2D eigenvalue weighted by molar-refractivity contribution is 5.84. The molecule has 0 saturated carbocycles. The lowest BCUT2D eigenvalue weighted by atomic mass is 10.1. The molecular formula is C22H23N5O. The normalized spacial score (nSPS) is 11.2. The van der Waals surface area contributed by atoms with E-state index in [1.54, 1.807) is 4.52 Å². The van der Waals surface area contributed by atoms with Crippen LogP contribution >= 0.6 is 0 Å². The van der Waals surface area contributed by atoms with Gasteiger partial charge in [0.1, 0.15) is 0 Å². The predicted molar refractivity (Wildman–Crippen MR) is 109 cm³/mol. The highest BCUT2D eigenvalue weighted by Crippen LogP contribution is 2.22. The van der Waals surface area contributed by atoms with Crippen LogP contribution in [-0.2, 0) is 17.8 Å². The van der Waals surface area contributed by atoms with Crippen LogP contribution in [0.25, 0.3) is 16.6 Å². The highest BCUT2D eigenvalue weighted by atomic mass is 16.2. The van der Waals surface area contributed by atoms with Gasteiger partial charge >= 0.3 is 0 Å². The fraction of sp³-hybridized carbons (Fsp3) is 0.273. The molecule has 0 atom stereocenters. The van der Waals surface area contributed by atoms with E-state index < -0.39 is 0 Å². The number of hydrogen-bond acceptors (Lipinski definition) is 4. The third kappa shape index (κ3) is 3.58. The Labute approximate surface area is 163 Å². The second kappa shape index (κ2) is 7.76. The van der Waals surface area contributed by atoms with E-state index >= 15 is 0 Å². The van der Waals surface area contributed by atoms with Gasteiger partial charge in [0.05, 0.1) is 5.52 Å². The number of aryl methyl sites for hydroxylation is 1.